The molecule has 7 heteroatoms. The van der Waals surface area contributed by atoms with E-state index in [9.17, 15) is 14.7 Å². The molecule has 1 aliphatic carbocycles. The van der Waals surface area contributed by atoms with E-state index in [4.69, 9.17) is 9.47 Å². The van der Waals surface area contributed by atoms with E-state index in [1.54, 1.807) is 44.7 Å². The van der Waals surface area contributed by atoms with Crippen LogP contribution in [0.15, 0.2) is 72.9 Å². The van der Waals surface area contributed by atoms with E-state index in [0.29, 0.717) is 25.0 Å². The van der Waals surface area contributed by atoms with Crippen molar-refractivity contribution in [3.05, 3.63) is 89.6 Å². The average molecular weight is 530 g/mol. The lowest BCUT2D eigenvalue weighted by molar-refractivity contribution is -0.133. The Labute approximate surface area is 225 Å². The number of benzene rings is 3. The molecule has 1 fully saturated rings. The van der Waals surface area contributed by atoms with Crippen LogP contribution in [0.1, 0.15) is 29.5 Å². The summed E-state index contributed by atoms with van der Waals surface area (Å²) in [6.07, 6.45) is 3.67. The Bertz CT molecular complexity index is 1380. The molecule has 1 aromatic heterocycles. The number of aryl methyl sites for hydroxylation is 1. The molecular formula is C31H32NO5P. The van der Waals surface area contributed by atoms with Gasteiger partial charge in [-0.1, -0.05) is 42.0 Å². The van der Waals surface area contributed by atoms with Crippen molar-refractivity contribution < 1.29 is 24.2 Å². The topological polar surface area (TPSA) is 85.7 Å². The van der Waals surface area contributed by atoms with Gasteiger partial charge in [-0.3, -0.25) is 14.6 Å². The van der Waals surface area contributed by atoms with Crippen LogP contribution in [0.2, 0.25) is 0 Å². The molecule has 0 bridgehead atoms. The molecule has 5 rings (SSSR count). The average Bonchev–Trinajstić information content (AvgIpc) is 3.74. The number of Topliss-reactive ketones (excluding diaryl/α,β-unsaturated/α-hetero) is 2. The largest absolute Gasteiger partial charge is 0.508 e. The van der Waals surface area contributed by atoms with Crippen LogP contribution in [0, 0.1) is 12.3 Å². The first kappa shape index (κ1) is 27.3. The fourth-order valence-electron chi connectivity index (χ4n) is 4.36. The quantitative estimate of drug-likeness (QED) is 0.251. The predicted molar refractivity (Wildman–Crippen MR) is 153 cm³/mol. The van der Waals surface area contributed by atoms with Gasteiger partial charge in [0.05, 0.1) is 25.2 Å². The Hall–Kier alpha value is -3.76. The molecule has 38 heavy (non-hydrogen) atoms. The summed E-state index contributed by atoms with van der Waals surface area (Å²) in [6, 6.07) is 20.2. The Balaban J connectivity index is 0.000000194. The molecule has 0 amide bonds. The van der Waals surface area contributed by atoms with Crippen LogP contribution in [0.3, 0.4) is 0 Å². The maximum absolute atomic E-state index is 12.6. The van der Waals surface area contributed by atoms with E-state index in [1.807, 2.05) is 49.4 Å². The summed E-state index contributed by atoms with van der Waals surface area (Å²) in [6.45, 7) is 2.01. The highest BCUT2D eigenvalue weighted by molar-refractivity contribution is 7.28. The van der Waals surface area contributed by atoms with Gasteiger partial charge in [0.15, 0.2) is 23.1 Å². The van der Waals surface area contributed by atoms with Gasteiger partial charge in [-0.15, -0.1) is 9.24 Å². The summed E-state index contributed by atoms with van der Waals surface area (Å²) in [5.41, 5.74) is 3.08. The molecule has 4 aromatic rings. The molecule has 0 spiro atoms. The van der Waals surface area contributed by atoms with E-state index in [-0.39, 0.29) is 23.7 Å². The van der Waals surface area contributed by atoms with Crippen molar-refractivity contribution in [1.82, 2.24) is 4.98 Å². The zero-order valence-corrected chi connectivity index (χ0v) is 23.0. The number of carbonyl (C=O) groups excluding carboxylic acids is 2. The van der Waals surface area contributed by atoms with Gasteiger partial charge in [-0.05, 0) is 60.5 Å². The SMILES string of the molecule is COc1cc2nccc(P)c2cc1OC.Cc1ccc(CC(=O)C2(C(=O)Cc3ccc(O)cc3)CC2)cc1. The molecule has 0 saturated heterocycles. The highest BCUT2D eigenvalue weighted by atomic mass is 31.0. The van der Waals surface area contributed by atoms with Crippen molar-refractivity contribution in [2.75, 3.05) is 14.2 Å². The lowest BCUT2D eigenvalue weighted by Crippen LogP contribution is -2.28. The number of phenolic OH excluding ortho intramolecular Hbond substituents is 1. The van der Waals surface area contributed by atoms with Gasteiger partial charge in [-0.2, -0.15) is 0 Å². The molecule has 3 aromatic carbocycles. The molecule has 1 aliphatic rings. The third-order valence-corrected chi connectivity index (χ3v) is 7.39. The minimum absolute atomic E-state index is 0.000279. The highest BCUT2D eigenvalue weighted by Crippen LogP contribution is 2.48. The van der Waals surface area contributed by atoms with Gasteiger partial charge in [0.1, 0.15) is 5.75 Å². The Morgan fingerprint density at radius 3 is 1.92 bits per heavy atom. The number of phenols is 1. The molecule has 0 aliphatic heterocycles. The van der Waals surface area contributed by atoms with Gasteiger partial charge in [0.25, 0.3) is 0 Å². The molecule has 1 heterocycles. The van der Waals surface area contributed by atoms with Crippen LogP contribution in [0.25, 0.3) is 10.9 Å². The summed E-state index contributed by atoms with van der Waals surface area (Å²) in [5.74, 6) is 1.64. The van der Waals surface area contributed by atoms with Crippen molar-refractivity contribution in [1.29, 1.82) is 0 Å². The van der Waals surface area contributed by atoms with Crippen LogP contribution in [0.4, 0.5) is 0 Å². The molecule has 6 nitrogen and oxygen atoms in total. The summed E-state index contributed by atoms with van der Waals surface area (Å²) >= 11 is 0. The van der Waals surface area contributed by atoms with Crippen LogP contribution in [-0.2, 0) is 22.4 Å². The Morgan fingerprint density at radius 2 is 1.39 bits per heavy atom. The Morgan fingerprint density at radius 1 is 0.868 bits per heavy atom. The van der Waals surface area contributed by atoms with Gasteiger partial charge in [-0.25, -0.2) is 0 Å². The molecular weight excluding hydrogens is 497 g/mol. The summed E-state index contributed by atoms with van der Waals surface area (Å²) in [5, 5.41) is 11.4. The van der Waals surface area contributed by atoms with Crippen molar-refractivity contribution in [3.8, 4) is 17.2 Å². The molecule has 1 N–H and O–H groups in total. The first-order chi connectivity index (χ1) is 18.3. The van der Waals surface area contributed by atoms with E-state index in [1.165, 1.54) is 0 Å². The number of fused-ring (bicyclic) bond motifs is 1. The lowest BCUT2D eigenvalue weighted by Gasteiger charge is -2.13. The van der Waals surface area contributed by atoms with Crippen LogP contribution < -0.4 is 14.8 Å². The van der Waals surface area contributed by atoms with Crippen molar-refractivity contribution >= 4 is 37.0 Å². The van der Waals surface area contributed by atoms with Gasteiger partial charge < -0.3 is 14.6 Å². The number of ketones is 2. The second kappa shape index (κ2) is 11.7. The minimum atomic E-state index is -0.775. The number of rotatable bonds is 8. The monoisotopic (exact) mass is 529 g/mol. The lowest BCUT2D eigenvalue weighted by atomic mass is 9.88. The standard InChI is InChI=1S/C20H20O3.C11H12NO2P/c1-14-2-4-15(5-3-14)12-18(22)20(10-11-20)19(23)13-16-6-8-17(21)9-7-16;1-13-9-5-7-8(6-10(9)14-2)12-4-3-11(7)15/h2-9,21H,10-13H2,1H3;3-6H,15H2,1-2H3. The van der Waals surface area contributed by atoms with Gasteiger partial charge in [0, 0.05) is 30.5 Å². The fraction of sp³-hybridized carbons (Fsp3) is 0.258. The number of pyridine rings is 1. The van der Waals surface area contributed by atoms with Crippen molar-refractivity contribution in [2.24, 2.45) is 5.41 Å². The second-order valence-electron chi connectivity index (χ2n) is 9.56. The second-order valence-corrected chi connectivity index (χ2v) is 10.2. The smallest absolute Gasteiger partial charge is 0.162 e. The maximum Gasteiger partial charge on any atom is 0.162 e. The first-order valence-electron chi connectivity index (χ1n) is 12.4. The number of hydrogen-bond donors (Lipinski definition) is 1. The van der Waals surface area contributed by atoms with Crippen LogP contribution >= 0.6 is 9.24 Å². The zero-order chi connectivity index (χ0) is 27.3. The third-order valence-electron chi connectivity index (χ3n) is 6.88. The summed E-state index contributed by atoms with van der Waals surface area (Å²) in [7, 11) is 5.93. The van der Waals surface area contributed by atoms with E-state index < -0.39 is 5.41 Å². The Kier molecular flexibility index (Phi) is 8.43. The maximum atomic E-state index is 12.6. The van der Waals surface area contributed by atoms with Crippen LogP contribution in [0.5, 0.6) is 17.2 Å². The van der Waals surface area contributed by atoms with Gasteiger partial charge >= 0.3 is 0 Å². The normalized spacial score (nSPS) is 13.3. The molecule has 196 valence electrons. The fourth-order valence-corrected chi connectivity index (χ4v) is 4.68. The summed E-state index contributed by atoms with van der Waals surface area (Å²) in [4.78, 5) is 29.5. The van der Waals surface area contributed by atoms with Crippen LogP contribution in [-0.4, -0.2) is 35.9 Å². The summed E-state index contributed by atoms with van der Waals surface area (Å²) < 4.78 is 10.4. The third kappa shape index (κ3) is 6.20. The number of aromatic hydroxyl groups is 1. The highest BCUT2D eigenvalue weighted by Gasteiger charge is 2.54. The number of methoxy groups -OCH3 is 2. The number of nitrogens with zero attached hydrogens (tertiary/aromatic N) is 1. The molecule has 1 saturated carbocycles. The van der Waals surface area contributed by atoms with Gasteiger partial charge in [0.2, 0.25) is 0 Å². The number of aromatic nitrogens is 1. The molecule has 0 radical (unpaired) electrons. The van der Waals surface area contributed by atoms with E-state index in [2.05, 4.69) is 14.2 Å². The first-order valence-corrected chi connectivity index (χ1v) is 13.0. The number of ether oxygens (including phenoxy) is 2. The number of carbonyl (C=O) groups is 2. The van der Waals surface area contributed by atoms with E-state index in [0.717, 1.165) is 38.6 Å². The van der Waals surface area contributed by atoms with Crippen molar-refractivity contribution in [2.45, 2.75) is 32.6 Å². The van der Waals surface area contributed by atoms with E-state index >= 15 is 0 Å². The van der Waals surface area contributed by atoms with Crippen molar-refractivity contribution in [3.63, 3.8) is 0 Å². The zero-order valence-electron chi connectivity index (χ0n) is 21.9. The molecule has 1 unspecified atom stereocenters. The predicted octanol–water partition coefficient (Wildman–Crippen LogP) is 5.16. The minimum Gasteiger partial charge on any atom is -0.508 e. The molecule has 1 atom stereocenters. The number of hydrogen-bond acceptors (Lipinski definition) is 6.